The molecule has 6 nitrogen and oxygen atoms in total. The van der Waals surface area contributed by atoms with E-state index in [1.807, 2.05) is 18.7 Å². The molecule has 1 aromatic carbocycles. The summed E-state index contributed by atoms with van der Waals surface area (Å²) in [5.74, 6) is 0.0723. The van der Waals surface area contributed by atoms with Crippen LogP contribution in [0.5, 0.6) is 0 Å². The van der Waals surface area contributed by atoms with Gasteiger partial charge in [-0.05, 0) is 37.6 Å². The number of piperazine rings is 1. The van der Waals surface area contributed by atoms with Gasteiger partial charge in [0.15, 0.2) is 0 Å². The summed E-state index contributed by atoms with van der Waals surface area (Å²) in [6.07, 6.45) is 0.563. The van der Waals surface area contributed by atoms with Gasteiger partial charge in [0.2, 0.25) is 10.0 Å². The molecule has 1 unspecified atom stereocenters. The van der Waals surface area contributed by atoms with Crippen LogP contribution in [0.3, 0.4) is 0 Å². The second-order valence-electron chi connectivity index (χ2n) is 5.60. The maximum atomic E-state index is 12.4. The summed E-state index contributed by atoms with van der Waals surface area (Å²) in [4.78, 5) is 14.2. The highest BCUT2D eigenvalue weighted by atomic mass is 35.5. The molecule has 0 aliphatic carbocycles. The molecule has 130 valence electrons. The van der Waals surface area contributed by atoms with Crippen molar-refractivity contribution in [2.24, 2.45) is 0 Å². The van der Waals surface area contributed by atoms with Gasteiger partial charge in [0, 0.05) is 36.9 Å². The Kier molecular flexibility index (Phi) is 7.31. The van der Waals surface area contributed by atoms with Crippen LogP contribution in [0.4, 0.5) is 5.69 Å². The van der Waals surface area contributed by atoms with Gasteiger partial charge in [-0.15, -0.1) is 12.4 Å². The largest absolute Gasteiger partial charge is 0.336 e. The van der Waals surface area contributed by atoms with Gasteiger partial charge in [0.1, 0.15) is 0 Å². The van der Waals surface area contributed by atoms with E-state index >= 15 is 0 Å². The van der Waals surface area contributed by atoms with Crippen LogP contribution >= 0.6 is 12.4 Å². The number of nitrogens with zero attached hydrogens (tertiary/aromatic N) is 1. The lowest BCUT2D eigenvalue weighted by Crippen LogP contribution is -2.51. The Morgan fingerprint density at radius 1 is 1.35 bits per heavy atom. The minimum Gasteiger partial charge on any atom is -0.336 e. The molecule has 0 bridgehead atoms. The summed E-state index contributed by atoms with van der Waals surface area (Å²) < 4.78 is 25.9. The van der Waals surface area contributed by atoms with Crippen LogP contribution in [-0.4, -0.2) is 50.7 Å². The molecule has 1 amide bonds. The van der Waals surface area contributed by atoms with Crippen LogP contribution in [0.1, 0.15) is 30.6 Å². The Hall–Kier alpha value is -1.31. The number of sulfonamides is 1. The summed E-state index contributed by atoms with van der Waals surface area (Å²) in [5.41, 5.74) is 1.06. The van der Waals surface area contributed by atoms with Gasteiger partial charge >= 0.3 is 0 Å². The van der Waals surface area contributed by atoms with E-state index in [-0.39, 0.29) is 30.1 Å². The molecule has 2 rings (SSSR count). The second-order valence-corrected chi connectivity index (χ2v) is 7.45. The molecule has 1 heterocycles. The average Bonchev–Trinajstić information content (AvgIpc) is 2.47. The molecular formula is C15H24ClN3O3S. The number of hydrogen-bond donors (Lipinski definition) is 2. The van der Waals surface area contributed by atoms with E-state index in [1.165, 1.54) is 0 Å². The first-order valence-corrected chi connectivity index (χ1v) is 9.19. The summed E-state index contributed by atoms with van der Waals surface area (Å²) in [6, 6.07) is 6.88. The van der Waals surface area contributed by atoms with E-state index in [0.717, 1.165) is 6.54 Å². The van der Waals surface area contributed by atoms with Gasteiger partial charge in [0.05, 0.1) is 5.75 Å². The van der Waals surface area contributed by atoms with Crippen molar-refractivity contribution in [3.63, 3.8) is 0 Å². The van der Waals surface area contributed by atoms with Crippen molar-refractivity contribution in [2.45, 2.75) is 26.3 Å². The first-order valence-electron chi connectivity index (χ1n) is 7.54. The zero-order chi connectivity index (χ0) is 16.2. The first-order chi connectivity index (χ1) is 10.4. The summed E-state index contributed by atoms with van der Waals surface area (Å²) >= 11 is 0. The van der Waals surface area contributed by atoms with Crippen LogP contribution < -0.4 is 10.0 Å². The minimum absolute atomic E-state index is 0. The number of benzene rings is 1. The smallest absolute Gasteiger partial charge is 0.253 e. The van der Waals surface area contributed by atoms with Crippen LogP contribution in [-0.2, 0) is 10.0 Å². The van der Waals surface area contributed by atoms with Crippen molar-refractivity contribution < 1.29 is 13.2 Å². The predicted octanol–water partition coefficient (Wildman–Crippen LogP) is 1.69. The van der Waals surface area contributed by atoms with Gasteiger partial charge in [-0.2, -0.15) is 0 Å². The lowest BCUT2D eigenvalue weighted by Gasteiger charge is -2.32. The zero-order valence-electron chi connectivity index (χ0n) is 13.4. The maximum absolute atomic E-state index is 12.4. The molecule has 1 saturated heterocycles. The van der Waals surface area contributed by atoms with Gasteiger partial charge < -0.3 is 10.2 Å². The third kappa shape index (κ3) is 5.67. The van der Waals surface area contributed by atoms with E-state index in [4.69, 9.17) is 0 Å². The lowest BCUT2D eigenvalue weighted by molar-refractivity contribution is 0.0709. The Morgan fingerprint density at radius 2 is 2.00 bits per heavy atom. The highest BCUT2D eigenvalue weighted by Crippen LogP contribution is 2.14. The number of amides is 1. The van der Waals surface area contributed by atoms with E-state index in [9.17, 15) is 13.2 Å². The van der Waals surface area contributed by atoms with Gasteiger partial charge in [-0.1, -0.05) is 6.92 Å². The van der Waals surface area contributed by atoms with E-state index in [0.29, 0.717) is 30.8 Å². The standard InChI is InChI=1S/C15H23N3O3S.ClH/c1-3-10-22(20,21)17-14-6-4-13(5-7-14)15(19)18-9-8-16-12(2)11-18;/h4-7,12,16-17H,3,8-11H2,1-2H3;1H. The molecule has 23 heavy (non-hydrogen) atoms. The Morgan fingerprint density at radius 3 is 2.57 bits per heavy atom. The van der Waals surface area contributed by atoms with Crippen molar-refractivity contribution in [1.82, 2.24) is 10.2 Å². The van der Waals surface area contributed by atoms with E-state index in [2.05, 4.69) is 10.0 Å². The Bertz CT molecular complexity index is 619. The van der Waals surface area contributed by atoms with Crippen molar-refractivity contribution >= 4 is 34.0 Å². The van der Waals surface area contributed by atoms with Crippen molar-refractivity contribution in [2.75, 3.05) is 30.1 Å². The summed E-state index contributed by atoms with van der Waals surface area (Å²) in [7, 11) is -3.30. The number of rotatable bonds is 5. The number of carbonyl (C=O) groups excluding carboxylic acids is 1. The van der Waals surface area contributed by atoms with Crippen molar-refractivity contribution in [1.29, 1.82) is 0 Å². The molecule has 0 aromatic heterocycles. The maximum Gasteiger partial charge on any atom is 0.253 e. The van der Waals surface area contributed by atoms with Crippen molar-refractivity contribution in [3.8, 4) is 0 Å². The first kappa shape index (κ1) is 19.7. The highest BCUT2D eigenvalue weighted by Gasteiger charge is 2.21. The number of anilines is 1. The normalized spacial score (nSPS) is 18.2. The Balaban J connectivity index is 0.00000264. The molecule has 1 atom stereocenters. The molecule has 2 N–H and O–H groups in total. The van der Waals surface area contributed by atoms with Gasteiger partial charge in [-0.25, -0.2) is 8.42 Å². The fraction of sp³-hybridized carbons (Fsp3) is 0.533. The predicted molar refractivity (Wildman–Crippen MR) is 94.8 cm³/mol. The number of halogens is 1. The van der Waals surface area contributed by atoms with Crippen LogP contribution in [0.25, 0.3) is 0 Å². The van der Waals surface area contributed by atoms with Crippen molar-refractivity contribution in [3.05, 3.63) is 29.8 Å². The summed E-state index contributed by atoms with van der Waals surface area (Å²) in [5, 5.41) is 3.29. The fourth-order valence-electron chi connectivity index (χ4n) is 2.48. The highest BCUT2D eigenvalue weighted by molar-refractivity contribution is 7.92. The molecule has 8 heteroatoms. The van der Waals surface area contributed by atoms with E-state index < -0.39 is 10.0 Å². The zero-order valence-corrected chi connectivity index (χ0v) is 15.0. The molecule has 1 fully saturated rings. The molecule has 1 aliphatic rings. The minimum atomic E-state index is -3.30. The van der Waals surface area contributed by atoms with Crippen LogP contribution in [0.15, 0.2) is 24.3 Å². The van der Waals surface area contributed by atoms with Gasteiger partial charge in [-0.3, -0.25) is 9.52 Å². The van der Waals surface area contributed by atoms with Crippen LogP contribution in [0, 0.1) is 0 Å². The summed E-state index contributed by atoms with van der Waals surface area (Å²) in [6.45, 7) is 6.03. The second kappa shape index (κ2) is 8.52. The van der Waals surface area contributed by atoms with E-state index in [1.54, 1.807) is 24.3 Å². The lowest BCUT2D eigenvalue weighted by atomic mass is 10.1. The molecule has 0 radical (unpaired) electrons. The molecule has 0 saturated carbocycles. The molecular weight excluding hydrogens is 338 g/mol. The van der Waals surface area contributed by atoms with Gasteiger partial charge in [0.25, 0.3) is 5.91 Å². The third-order valence-electron chi connectivity index (χ3n) is 3.53. The number of carbonyl (C=O) groups is 1. The SMILES string of the molecule is CCCS(=O)(=O)Nc1ccc(C(=O)N2CCNC(C)C2)cc1.Cl. The molecule has 1 aromatic rings. The quantitative estimate of drug-likeness (QED) is 0.836. The number of hydrogen-bond acceptors (Lipinski definition) is 4. The fourth-order valence-corrected chi connectivity index (χ4v) is 3.61. The van der Waals surface area contributed by atoms with Crippen LogP contribution in [0.2, 0.25) is 0 Å². The monoisotopic (exact) mass is 361 g/mol. The molecule has 0 spiro atoms. The third-order valence-corrected chi connectivity index (χ3v) is 5.03. The molecule has 1 aliphatic heterocycles. The topological polar surface area (TPSA) is 78.5 Å². The Labute approximate surface area is 144 Å². The number of nitrogens with one attached hydrogen (secondary N) is 2. The average molecular weight is 362 g/mol.